The van der Waals surface area contributed by atoms with E-state index < -0.39 is 5.91 Å². The molecule has 0 radical (unpaired) electrons. The van der Waals surface area contributed by atoms with Crippen molar-refractivity contribution in [3.63, 3.8) is 0 Å². The number of anilines is 1. The van der Waals surface area contributed by atoms with Crippen molar-refractivity contribution in [1.82, 2.24) is 5.32 Å². The highest BCUT2D eigenvalue weighted by molar-refractivity contribution is 6.02. The van der Waals surface area contributed by atoms with E-state index in [2.05, 4.69) is 15.8 Å². The summed E-state index contributed by atoms with van der Waals surface area (Å²) >= 11 is 0. The number of rotatable bonds is 4. The van der Waals surface area contributed by atoms with Crippen LogP contribution in [0.5, 0.6) is 0 Å². The Balaban J connectivity index is 2.00. The van der Waals surface area contributed by atoms with E-state index in [-0.39, 0.29) is 5.70 Å². The van der Waals surface area contributed by atoms with Gasteiger partial charge in [-0.15, -0.1) is 4.91 Å². The summed E-state index contributed by atoms with van der Waals surface area (Å²) in [5, 5.41) is 8.59. The van der Waals surface area contributed by atoms with Crippen LogP contribution in [0.15, 0.2) is 82.9 Å². The summed E-state index contributed by atoms with van der Waals surface area (Å²) < 4.78 is 0. The van der Waals surface area contributed by atoms with Crippen LogP contribution < -0.4 is 10.6 Å². The standard InChI is InChI=1S/C17H13N3O2/c21-17-16(20-22)15(18-13-9-5-2-6-10-13)14(19-17)11-12-7-3-1-4-8-12/h1-11,18H,(H,19,21). The van der Waals surface area contributed by atoms with Crippen LogP contribution in [0.2, 0.25) is 0 Å². The van der Waals surface area contributed by atoms with Crippen LogP contribution in [0.1, 0.15) is 5.56 Å². The minimum atomic E-state index is -0.504. The molecule has 2 aromatic rings. The third-order valence-electron chi connectivity index (χ3n) is 3.21. The first-order valence-corrected chi connectivity index (χ1v) is 6.76. The molecule has 0 fully saturated rings. The molecule has 108 valence electrons. The lowest BCUT2D eigenvalue weighted by molar-refractivity contribution is -0.116. The lowest BCUT2D eigenvalue weighted by atomic mass is 10.1. The molecule has 2 aromatic carbocycles. The maximum Gasteiger partial charge on any atom is 0.280 e. The average Bonchev–Trinajstić information content (AvgIpc) is 2.84. The van der Waals surface area contributed by atoms with E-state index in [9.17, 15) is 9.70 Å². The van der Waals surface area contributed by atoms with Gasteiger partial charge in [0.05, 0.1) is 11.4 Å². The van der Waals surface area contributed by atoms with Gasteiger partial charge in [0.2, 0.25) is 0 Å². The molecule has 0 atom stereocenters. The largest absolute Gasteiger partial charge is 0.352 e. The molecular weight excluding hydrogens is 278 g/mol. The van der Waals surface area contributed by atoms with Crippen LogP contribution in [-0.4, -0.2) is 5.91 Å². The second-order valence-corrected chi connectivity index (χ2v) is 4.73. The lowest BCUT2D eigenvalue weighted by Crippen LogP contribution is -2.16. The Labute approximate surface area is 127 Å². The molecule has 0 aliphatic carbocycles. The highest BCUT2D eigenvalue weighted by Gasteiger charge is 2.28. The molecular formula is C17H13N3O2. The second kappa shape index (κ2) is 6.05. The Bertz CT molecular complexity index is 765. The smallest absolute Gasteiger partial charge is 0.280 e. The molecule has 3 rings (SSSR count). The van der Waals surface area contributed by atoms with Crippen molar-refractivity contribution in [2.24, 2.45) is 5.18 Å². The second-order valence-electron chi connectivity index (χ2n) is 4.73. The van der Waals surface area contributed by atoms with E-state index in [0.717, 1.165) is 11.3 Å². The van der Waals surface area contributed by atoms with Gasteiger partial charge < -0.3 is 10.6 Å². The van der Waals surface area contributed by atoms with Gasteiger partial charge in [-0.05, 0) is 28.9 Å². The third-order valence-corrected chi connectivity index (χ3v) is 3.21. The predicted molar refractivity (Wildman–Crippen MR) is 85.4 cm³/mol. The number of para-hydroxylation sites is 1. The Kier molecular flexibility index (Phi) is 3.78. The summed E-state index contributed by atoms with van der Waals surface area (Å²) in [6, 6.07) is 18.8. The van der Waals surface area contributed by atoms with Gasteiger partial charge in [-0.2, -0.15) is 0 Å². The van der Waals surface area contributed by atoms with Gasteiger partial charge in [-0.3, -0.25) is 4.79 Å². The zero-order valence-electron chi connectivity index (χ0n) is 11.6. The SMILES string of the molecule is O=NC1=C(Nc2ccccc2)C(=Cc2ccccc2)NC1=O. The highest BCUT2D eigenvalue weighted by Crippen LogP contribution is 2.25. The monoisotopic (exact) mass is 291 g/mol. The molecule has 0 bridgehead atoms. The maximum absolute atomic E-state index is 11.9. The zero-order chi connectivity index (χ0) is 15.4. The Hall–Kier alpha value is -3.21. The quantitative estimate of drug-likeness (QED) is 0.849. The van der Waals surface area contributed by atoms with Crippen LogP contribution in [-0.2, 0) is 4.79 Å². The van der Waals surface area contributed by atoms with Crippen LogP contribution in [0.25, 0.3) is 6.08 Å². The van der Waals surface area contributed by atoms with E-state index in [4.69, 9.17) is 0 Å². The first-order valence-electron chi connectivity index (χ1n) is 6.76. The Morgan fingerprint density at radius 1 is 0.955 bits per heavy atom. The first-order chi connectivity index (χ1) is 10.8. The van der Waals surface area contributed by atoms with E-state index >= 15 is 0 Å². The van der Waals surface area contributed by atoms with Crippen LogP contribution in [0.3, 0.4) is 0 Å². The minimum absolute atomic E-state index is 0.147. The first kappa shape index (κ1) is 13.8. The van der Waals surface area contributed by atoms with Crippen molar-refractivity contribution >= 4 is 17.7 Å². The van der Waals surface area contributed by atoms with Crippen LogP contribution in [0, 0.1) is 4.91 Å². The Morgan fingerprint density at radius 2 is 1.59 bits per heavy atom. The molecule has 0 unspecified atom stereocenters. The van der Waals surface area contributed by atoms with Gasteiger partial charge in [0.25, 0.3) is 5.91 Å². The molecule has 1 heterocycles. The van der Waals surface area contributed by atoms with E-state index in [1.807, 2.05) is 60.7 Å². The van der Waals surface area contributed by atoms with Crippen molar-refractivity contribution in [3.05, 3.63) is 88.2 Å². The van der Waals surface area contributed by atoms with Crippen molar-refractivity contribution < 1.29 is 4.79 Å². The maximum atomic E-state index is 11.9. The van der Waals surface area contributed by atoms with E-state index in [1.165, 1.54) is 0 Å². The molecule has 0 saturated heterocycles. The predicted octanol–water partition coefficient (Wildman–Crippen LogP) is 3.25. The minimum Gasteiger partial charge on any atom is -0.352 e. The fraction of sp³-hybridized carbons (Fsp3) is 0. The molecule has 0 saturated carbocycles. The molecule has 22 heavy (non-hydrogen) atoms. The van der Waals surface area contributed by atoms with Gasteiger partial charge in [-0.25, -0.2) is 0 Å². The summed E-state index contributed by atoms with van der Waals surface area (Å²) in [6.07, 6.45) is 1.79. The molecule has 1 aliphatic heterocycles. The molecule has 2 N–H and O–H groups in total. The van der Waals surface area contributed by atoms with Gasteiger partial charge in [-0.1, -0.05) is 48.5 Å². The number of carbonyl (C=O) groups is 1. The van der Waals surface area contributed by atoms with Gasteiger partial charge in [0.15, 0.2) is 5.70 Å². The van der Waals surface area contributed by atoms with Crippen molar-refractivity contribution in [3.8, 4) is 0 Å². The number of nitroso groups, excluding NO2 is 1. The molecule has 0 aromatic heterocycles. The third kappa shape index (κ3) is 2.78. The molecule has 1 amide bonds. The fourth-order valence-electron chi connectivity index (χ4n) is 2.19. The molecule has 5 nitrogen and oxygen atoms in total. The van der Waals surface area contributed by atoms with E-state index in [1.54, 1.807) is 6.08 Å². The lowest BCUT2D eigenvalue weighted by Gasteiger charge is -2.09. The molecule has 5 heteroatoms. The number of benzene rings is 2. The topological polar surface area (TPSA) is 70.6 Å². The highest BCUT2D eigenvalue weighted by atomic mass is 16.3. The van der Waals surface area contributed by atoms with Gasteiger partial charge in [0.1, 0.15) is 0 Å². The number of carbonyl (C=O) groups excluding carboxylic acids is 1. The summed E-state index contributed by atoms with van der Waals surface area (Å²) in [4.78, 5) is 22.8. The summed E-state index contributed by atoms with van der Waals surface area (Å²) in [5.41, 5.74) is 2.45. The number of hydrogen-bond acceptors (Lipinski definition) is 4. The normalized spacial score (nSPS) is 15.8. The van der Waals surface area contributed by atoms with Gasteiger partial charge in [0, 0.05) is 5.69 Å². The fourth-order valence-corrected chi connectivity index (χ4v) is 2.19. The molecule has 0 spiro atoms. The van der Waals surface area contributed by atoms with Crippen molar-refractivity contribution in [1.29, 1.82) is 0 Å². The number of nitrogens with one attached hydrogen (secondary N) is 2. The summed E-state index contributed by atoms with van der Waals surface area (Å²) in [5.74, 6) is -0.504. The van der Waals surface area contributed by atoms with Gasteiger partial charge >= 0.3 is 0 Å². The average molecular weight is 291 g/mol. The number of nitrogens with zero attached hydrogens (tertiary/aromatic N) is 1. The Morgan fingerprint density at radius 3 is 2.23 bits per heavy atom. The van der Waals surface area contributed by atoms with Crippen LogP contribution in [0.4, 0.5) is 5.69 Å². The zero-order valence-corrected chi connectivity index (χ0v) is 11.6. The molecule has 1 aliphatic rings. The number of amides is 1. The van der Waals surface area contributed by atoms with Crippen molar-refractivity contribution in [2.75, 3.05) is 5.32 Å². The summed E-state index contributed by atoms with van der Waals surface area (Å²) in [7, 11) is 0. The van der Waals surface area contributed by atoms with Crippen molar-refractivity contribution in [2.45, 2.75) is 0 Å². The summed E-state index contributed by atoms with van der Waals surface area (Å²) in [6.45, 7) is 0. The number of hydrogen-bond donors (Lipinski definition) is 2. The van der Waals surface area contributed by atoms with E-state index in [0.29, 0.717) is 11.4 Å². The van der Waals surface area contributed by atoms with Crippen LogP contribution >= 0.6 is 0 Å².